The van der Waals surface area contributed by atoms with Crippen LogP contribution in [0.2, 0.25) is 0 Å². The molecular weight excluding hydrogens is 819 g/mol. The zero-order chi connectivity index (χ0) is 45.0. The largest absolute Gasteiger partial charge is 0.398 e. The molecule has 8 rings (SSSR count). The molecule has 336 valence electrons. The Morgan fingerprint density at radius 1 is 0.597 bits per heavy atom. The van der Waals surface area contributed by atoms with Gasteiger partial charge in [-0.1, -0.05) is 27.7 Å². The van der Waals surface area contributed by atoms with Crippen LogP contribution in [0.3, 0.4) is 0 Å². The summed E-state index contributed by atoms with van der Waals surface area (Å²) in [6, 6.07) is 3.87. The van der Waals surface area contributed by atoms with Gasteiger partial charge in [-0.3, -0.25) is 19.6 Å². The SMILES string of the molecule is Cc1cc(N2CCC(C3=NCC4=C3[C@@H](C(F)(F)F)[C@@H](O)C(=O)C4)CC2)nc(C(C)C)n1.Cc1cc(N2CCC(C3=NCC4=C3[C@H](C(F)(F)F)[C@H](O)C(=O)C4)CC2)nc(C(C)C)n1. The van der Waals surface area contributed by atoms with E-state index in [0.29, 0.717) is 74.4 Å². The fourth-order valence-corrected chi connectivity index (χ4v) is 9.58. The number of alkyl halides is 6. The Balaban J connectivity index is 0.000000186. The lowest BCUT2D eigenvalue weighted by Gasteiger charge is -2.36. The Morgan fingerprint density at radius 3 is 1.24 bits per heavy atom. The first kappa shape index (κ1) is 45.4. The molecule has 4 atom stereocenters. The number of carbonyl (C=O) groups excluding carboxylic acids is 2. The quantitative estimate of drug-likeness (QED) is 0.297. The minimum absolute atomic E-state index is 0.0676. The van der Waals surface area contributed by atoms with Crippen LogP contribution in [0.1, 0.15) is 101 Å². The summed E-state index contributed by atoms with van der Waals surface area (Å²) >= 11 is 0. The van der Waals surface area contributed by atoms with Crippen LogP contribution in [0.4, 0.5) is 38.0 Å². The van der Waals surface area contributed by atoms with Crippen molar-refractivity contribution in [3.8, 4) is 0 Å². The molecular formula is C44H54F6N8O4. The number of aromatic nitrogens is 4. The molecule has 12 nitrogen and oxygen atoms in total. The van der Waals surface area contributed by atoms with Gasteiger partial charge in [0.15, 0.2) is 11.6 Å². The number of rotatable bonds is 6. The van der Waals surface area contributed by atoms with E-state index in [1.54, 1.807) is 0 Å². The van der Waals surface area contributed by atoms with Gasteiger partial charge in [0.2, 0.25) is 0 Å². The maximum atomic E-state index is 13.7. The lowest BCUT2D eigenvalue weighted by atomic mass is 9.74. The van der Waals surface area contributed by atoms with Gasteiger partial charge in [0, 0.05) is 97.6 Å². The second-order valence-corrected chi connectivity index (χ2v) is 17.9. The fraction of sp³-hybridized carbons (Fsp3) is 0.636. The number of aliphatic imine (C=N–C) groups is 2. The van der Waals surface area contributed by atoms with Crippen molar-refractivity contribution in [1.82, 2.24) is 19.9 Å². The first-order chi connectivity index (χ1) is 29.1. The summed E-state index contributed by atoms with van der Waals surface area (Å²) in [7, 11) is 0. The van der Waals surface area contributed by atoms with Crippen LogP contribution >= 0.6 is 0 Å². The molecule has 4 aliphatic heterocycles. The van der Waals surface area contributed by atoms with Gasteiger partial charge in [-0.05, 0) is 61.8 Å². The summed E-state index contributed by atoms with van der Waals surface area (Å²) in [5.74, 6) is -2.47. The number of ketones is 2. The van der Waals surface area contributed by atoms with Gasteiger partial charge < -0.3 is 20.0 Å². The number of nitrogens with zero attached hydrogens (tertiary/aromatic N) is 8. The highest BCUT2D eigenvalue weighted by Crippen LogP contribution is 2.47. The lowest BCUT2D eigenvalue weighted by molar-refractivity contribution is -0.191. The number of hydrogen-bond acceptors (Lipinski definition) is 12. The first-order valence-electron chi connectivity index (χ1n) is 21.4. The molecule has 6 aliphatic rings. The molecule has 0 aromatic carbocycles. The minimum atomic E-state index is -4.69. The monoisotopic (exact) mass is 872 g/mol. The Bertz CT molecular complexity index is 2050. The second kappa shape index (κ2) is 17.5. The maximum absolute atomic E-state index is 13.7. The van der Waals surface area contributed by atoms with E-state index in [2.05, 4.69) is 39.7 Å². The molecule has 6 heterocycles. The van der Waals surface area contributed by atoms with E-state index < -0.39 is 48.0 Å². The normalized spacial score (nSPS) is 25.4. The summed E-state index contributed by atoms with van der Waals surface area (Å²) in [5.41, 5.74) is 3.62. The Labute approximate surface area is 356 Å². The van der Waals surface area contributed by atoms with E-state index in [0.717, 1.165) is 34.7 Å². The third kappa shape index (κ3) is 9.22. The van der Waals surface area contributed by atoms with Crippen LogP contribution in [0.25, 0.3) is 0 Å². The highest BCUT2D eigenvalue weighted by atomic mass is 19.4. The summed E-state index contributed by atoms with van der Waals surface area (Å²) in [5, 5.41) is 20.1. The molecule has 2 fully saturated rings. The molecule has 0 saturated carbocycles. The van der Waals surface area contributed by atoms with Crippen LogP contribution < -0.4 is 9.80 Å². The summed E-state index contributed by atoms with van der Waals surface area (Å²) in [6.45, 7) is 14.9. The molecule has 2 aromatic rings. The van der Waals surface area contributed by atoms with Crippen molar-refractivity contribution in [1.29, 1.82) is 0 Å². The van der Waals surface area contributed by atoms with Gasteiger partial charge in [0.1, 0.15) is 47.3 Å². The average molecular weight is 873 g/mol. The molecule has 62 heavy (non-hydrogen) atoms. The highest BCUT2D eigenvalue weighted by molar-refractivity contribution is 6.09. The van der Waals surface area contributed by atoms with Crippen molar-refractivity contribution in [3.05, 3.63) is 57.5 Å². The standard InChI is InChI=1S/2C22H27F3N4O2/c2*1-11(2)21-27-12(3)8-16(28-21)29-6-4-13(5-7-29)19-17-14(10-26-19)9-15(30)20(31)18(17)22(23,24)25/h2*8,11,13,18,20,31H,4-7,9-10H2,1-3H3/t2*18-,20+/m10/s1. The molecule has 0 radical (unpaired) electrons. The van der Waals surface area contributed by atoms with Crippen molar-refractivity contribution >= 4 is 34.6 Å². The third-order valence-electron chi connectivity index (χ3n) is 12.7. The van der Waals surface area contributed by atoms with E-state index in [1.807, 2.05) is 53.7 Å². The van der Waals surface area contributed by atoms with Crippen molar-refractivity contribution in [2.45, 2.75) is 116 Å². The smallest absolute Gasteiger partial charge is 0.384 e. The summed E-state index contributed by atoms with van der Waals surface area (Å²) < 4.78 is 82.5. The van der Waals surface area contributed by atoms with Crippen LogP contribution in [0.15, 0.2) is 44.4 Å². The molecule has 18 heteroatoms. The number of Topliss-reactive ketones (excluding diaryl/α,β-unsaturated/α-hetero) is 2. The van der Waals surface area contributed by atoms with Crippen molar-refractivity contribution in [2.24, 2.45) is 33.7 Å². The molecule has 2 N–H and O–H groups in total. The van der Waals surface area contributed by atoms with Crippen LogP contribution in [-0.2, 0) is 9.59 Å². The van der Waals surface area contributed by atoms with Crippen LogP contribution in [0.5, 0.6) is 0 Å². The number of piperidine rings is 2. The van der Waals surface area contributed by atoms with Gasteiger partial charge >= 0.3 is 12.4 Å². The zero-order valence-electron chi connectivity index (χ0n) is 35.8. The predicted octanol–water partition coefficient (Wildman–Crippen LogP) is 6.78. The molecule has 0 bridgehead atoms. The van der Waals surface area contributed by atoms with Crippen molar-refractivity contribution in [2.75, 3.05) is 49.1 Å². The number of carbonyl (C=O) groups is 2. The number of anilines is 2. The number of aliphatic hydroxyl groups excluding tert-OH is 2. The molecule has 2 aromatic heterocycles. The number of aryl methyl sites for hydroxylation is 2. The number of aliphatic hydroxyl groups is 2. The van der Waals surface area contributed by atoms with E-state index >= 15 is 0 Å². The second-order valence-electron chi connectivity index (χ2n) is 17.9. The predicted molar refractivity (Wildman–Crippen MR) is 221 cm³/mol. The Kier molecular flexibility index (Phi) is 12.9. The first-order valence-corrected chi connectivity index (χ1v) is 21.4. The topological polar surface area (TPSA) is 157 Å². The van der Waals surface area contributed by atoms with Gasteiger partial charge in [-0.15, -0.1) is 0 Å². The van der Waals surface area contributed by atoms with Gasteiger partial charge in [0.05, 0.1) is 13.1 Å². The van der Waals surface area contributed by atoms with E-state index in [4.69, 9.17) is 0 Å². The summed E-state index contributed by atoms with van der Waals surface area (Å²) in [4.78, 5) is 55.3. The minimum Gasteiger partial charge on any atom is -0.384 e. The van der Waals surface area contributed by atoms with Gasteiger partial charge in [-0.2, -0.15) is 26.3 Å². The molecule has 0 spiro atoms. The molecule has 0 unspecified atom stereocenters. The van der Waals surface area contributed by atoms with Gasteiger partial charge in [0.25, 0.3) is 0 Å². The van der Waals surface area contributed by atoms with Gasteiger partial charge in [-0.25, -0.2) is 19.9 Å². The van der Waals surface area contributed by atoms with E-state index in [9.17, 15) is 46.1 Å². The van der Waals surface area contributed by atoms with Crippen molar-refractivity contribution < 1.29 is 46.1 Å². The summed E-state index contributed by atoms with van der Waals surface area (Å²) in [6.07, 6.45) is -11.2. The van der Waals surface area contributed by atoms with Crippen molar-refractivity contribution in [3.63, 3.8) is 0 Å². The van der Waals surface area contributed by atoms with E-state index in [-0.39, 0.29) is 60.7 Å². The Morgan fingerprint density at radius 2 is 0.935 bits per heavy atom. The molecule has 2 aliphatic carbocycles. The molecule has 2 saturated heterocycles. The van der Waals surface area contributed by atoms with Crippen LogP contribution in [0, 0.1) is 37.5 Å². The lowest BCUT2D eigenvalue weighted by Crippen LogP contribution is -2.46. The fourth-order valence-electron chi connectivity index (χ4n) is 9.58. The van der Waals surface area contributed by atoms with E-state index in [1.165, 1.54) is 0 Å². The Hall–Kier alpha value is -4.58. The maximum Gasteiger partial charge on any atom is 0.398 e. The zero-order valence-corrected chi connectivity index (χ0v) is 35.8. The number of hydrogen-bond donors (Lipinski definition) is 2. The highest BCUT2D eigenvalue weighted by Gasteiger charge is 2.56. The third-order valence-corrected chi connectivity index (χ3v) is 12.7. The van der Waals surface area contributed by atoms with Crippen LogP contribution in [-0.4, -0.2) is 117 Å². The average Bonchev–Trinajstić information content (AvgIpc) is 3.81. The number of halogens is 6. The molecule has 0 amide bonds.